The minimum Gasteiger partial charge on any atom is -0.512 e. The van der Waals surface area contributed by atoms with E-state index >= 15 is 0 Å². The summed E-state index contributed by atoms with van der Waals surface area (Å²) in [6.45, 7) is 8.07. The number of cyclic esters (lactones) is 1. The summed E-state index contributed by atoms with van der Waals surface area (Å²) in [4.78, 5) is 25.6. The molecule has 0 bridgehead atoms. The third-order valence-electron chi connectivity index (χ3n) is 6.67. The molecule has 35 heavy (non-hydrogen) atoms. The second-order valence-corrected chi connectivity index (χ2v) is 10.1. The predicted molar refractivity (Wildman–Crippen MR) is 140 cm³/mol. The molecule has 1 heterocycles. The first-order chi connectivity index (χ1) is 16.8. The standard InChI is InChI=1S/C30H39NO4/c1-5-16-30(17-15-22-11-8-7-9-12-22)20-26(32)28(29(34)35-30)25(6-2)23-13-10-14-24(19-23)31-27(33)18-21(3)4/h7-14,19,21,25,32H,5-6,15-18,20H2,1-4H3,(H,31,33)/t25-,30-/m1/s1. The number of aliphatic hydroxyl groups excluding tert-OH is 1. The fourth-order valence-electron chi connectivity index (χ4n) is 5.05. The molecule has 1 aliphatic heterocycles. The van der Waals surface area contributed by atoms with Crippen LogP contribution in [0.25, 0.3) is 0 Å². The van der Waals surface area contributed by atoms with E-state index in [1.54, 1.807) is 0 Å². The maximum atomic E-state index is 13.4. The van der Waals surface area contributed by atoms with E-state index in [2.05, 4.69) is 24.4 Å². The van der Waals surface area contributed by atoms with E-state index in [4.69, 9.17) is 4.74 Å². The highest BCUT2D eigenvalue weighted by Crippen LogP contribution is 2.42. The molecule has 0 saturated carbocycles. The minimum absolute atomic E-state index is 0.0351. The molecule has 2 aromatic rings. The lowest BCUT2D eigenvalue weighted by atomic mass is 9.80. The molecule has 0 aromatic heterocycles. The highest BCUT2D eigenvalue weighted by atomic mass is 16.6. The Hall–Kier alpha value is -3.08. The highest BCUT2D eigenvalue weighted by Gasteiger charge is 2.43. The average molecular weight is 478 g/mol. The summed E-state index contributed by atoms with van der Waals surface area (Å²) < 4.78 is 6.14. The topological polar surface area (TPSA) is 75.6 Å². The maximum Gasteiger partial charge on any atom is 0.338 e. The van der Waals surface area contributed by atoms with Crippen molar-refractivity contribution in [2.45, 2.75) is 84.2 Å². The molecular weight excluding hydrogens is 438 g/mol. The molecule has 3 rings (SSSR count). The van der Waals surface area contributed by atoms with Crippen LogP contribution in [0.15, 0.2) is 65.9 Å². The lowest BCUT2D eigenvalue weighted by molar-refractivity contribution is -0.161. The zero-order valence-corrected chi connectivity index (χ0v) is 21.5. The largest absolute Gasteiger partial charge is 0.512 e. The van der Waals surface area contributed by atoms with Gasteiger partial charge in [-0.05, 0) is 54.9 Å². The van der Waals surface area contributed by atoms with Gasteiger partial charge in [0.2, 0.25) is 5.91 Å². The second kappa shape index (κ2) is 12.1. The lowest BCUT2D eigenvalue weighted by Gasteiger charge is -2.38. The van der Waals surface area contributed by atoms with Crippen LogP contribution in [-0.2, 0) is 20.7 Å². The predicted octanol–water partition coefficient (Wildman–Crippen LogP) is 7.10. The molecule has 5 nitrogen and oxygen atoms in total. The number of nitrogens with one attached hydrogen (secondary N) is 1. The Morgan fingerprint density at radius 1 is 1.09 bits per heavy atom. The zero-order chi connectivity index (χ0) is 25.4. The Morgan fingerprint density at radius 3 is 2.46 bits per heavy atom. The van der Waals surface area contributed by atoms with Crippen molar-refractivity contribution >= 4 is 17.6 Å². The van der Waals surface area contributed by atoms with E-state index in [1.165, 1.54) is 5.56 Å². The molecule has 5 heteroatoms. The average Bonchev–Trinajstić information content (AvgIpc) is 2.80. The molecule has 2 aromatic carbocycles. The Labute approximate surface area is 209 Å². The number of hydrogen-bond donors (Lipinski definition) is 2. The molecule has 0 unspecified atom stereocenters. The van der Waals surface area contributed by atoms with Gasteiger partial charge in [-0.2, -0.15) is 0 Å². The smallest absolute Gasteiger partial charge is 0.338 e. The summed E-state index contributed by atoms with van der Waals surface area (Å²) in [5, 5.41) is 14.1. The monoisotopic (exact) mass is 477 g/mol. The van der Waals surface area contributed by atoms with Gasteiger partial charge in [0.1, 0.15) is 11.4 Å². The molecule has 1 amide bonds. The van der Waals surface area contributed by atoms with Gasteiger partial charge in [0.05, 0.1) is 5.57 Å². The van der Waals surface area contributed by atoms with E-state index in [9.17, 15) is 14.7 Å². The van der Waals surface area contributed by atoms with Gasteiger partial charge in [0.25, 0.3) is 0 Å². The van der Waals surface area contributed by atoms with Gasteiger partial charge >= 0.3 is 5.97 Å². The summed E-state index contributed by atoms with van der Waals surface area (Å²) in [6.07, 6.45) is 4.42. The Bertz CT molecular complexity index is 1040. The van der Waals surface area contributed by atoms with E-state index in [1.807, 2.05) is 63.2 Å². The van der Waals surface area contributed by atoms with Crippen LogP contribution in [0.1, 0.15) is 83.3 Å². The Morgan fingerprint density at radius 2 is 1.83 bits per heavy atom. The van der Waals surface area contributed by atoms with Gasteiger partial charge in [0, 0.05) is 24.4 Å². The van der Waals surface area contributed by atoms with Gasteiger partial charge in [0.15, 0.2) is 0 Å². The fraction of sp³-hybridized carbons (Fsp3) is 0.467. The maximum absolute atomic E-state index is 13.4. The minimum atomic E-state index is -0.694. The van der Waals surface area contributed by atoms with Crippen molar-refractivity contribution in [2.75, 3.05) is 5.32 Å². The van der Waals surface area contributed by atoms with Gasteiger partial charge in [-0.15, -0.1) is 0 Å². The number of carbonyl (C=O) groups excluding carboxylic acids is 2. The molecule has 2 atom stereocenters. The van der Waals surface area contributed by atoms with Crippen molar-refractivity contribution in [1.82, 2.24) is 0 Å². The lowest BCUT2D eigenvalue weighted by Crippen LogP contribution is -2.41. The number of aliphatic hydroxyl groups is 1. The van der Waals surface area contributed by atoms with Crippen LogP contribution in [0.5, 0.6) is 0 Å². The third-order valence-corrected chi connectivity index (χ3v) is 6.67. The van der Waals surface area contributed by atoms with Crippen molar-refractivity contribution in [2.24, 2.45) is 5.92 Å². The van der Waals surface area contributed by atoms with Crippen LogP contribution in [0.2, 0.25) is 0 Å². The molecule has 0 saturated heterocycles. The summed E-state index contributed by atoms with van der Waals surface area (Å²) in [7, 11) is 0. The number of hydrogen-bond acceptors (Lipinski definition) is 4. The SMILES string of the molecule is CCC[C@@]1(CCc2ccccc2)CC(O)=C([C@H](CC)c2cccc(NC(=O)CC(C)C)c2)C(=O)O1. The molecule has 0 fully saturated rings. The molecule has 0 radical (unpaired) electrons. The van der Waals surface area contributed by atoms with Crippen LogP contribution in [0, 0.1) is 5.92 Å². The van der Waals surface area contributed by atoms with Crippen molar-refractivity contribution < 1.29 is 19.4 Å². The van der Waals surface area contributed by atoms with Gasteiger partial charge in [-0.3, -0.25) is 4.79 Å². The number of carbonyl (C=O) groups is 2. The van der Waals surface area contributed by atoms with Gasteiger partial charge in [-0.25, -0.2) is 4.79 Å². The molecule has 2 N–H and O–H groups in total. The number of esters is 1. The molecule has 0 spiro atoms. The first kappa shape index (κ1) is 26.5. The van der Waals surface area contributed by atoms with Gasteiger partial charge < -0.3 is 15.2 Å². The number of anilines is 1. The molecule has 0 aliphatic carbocycles. The molecular formula is C30H39NO4. The molecule has 188 valence electrons. The number of benzene rings is 2. The quantitative estimate of drug-likeness (QED) is 0.339. The van der Waals surface area contributed by atoms with Crippen LogP contribution < -0.4 is 5.32 Å². The van der Waals surface area contributed by atoms with Crippen LogP contribution in [0.4, 0.5) is 5.69 Å². The van der Waals surface area contributed by atoms with Crippen molar-refractivity contribution in [3.63, 3.8) is 0 Å². The summed E-state index contributed by atoms with van der Waals surface area (Å²) in [6, 6.07) is 17.7. The normalized spacial score (nSPS) is 18.9. The number of amides is 1. The third kappa shape index (κ3) is 6.97. The van der Waals surface area contributed by atoms with E-state index < -0.39 is 11.6 Å². The Balaban J connectivity index is 1.83. The van der Waals surface area contributed by atoms with Crippen molar-refractivity contribution in [1.29, 1.82) is 0 Å². The zero-order valence-electron chi connectivity index (χ0n) is 21.5. The van der Waals surface area contributed by atoms with E-state index in [0.717, 1.165) is 18.4 Å². The van der Waals surface area contributed by atoms with E-state index in [0.29, 0.717) is 43.4 Å². The first-order valence-corrected chi connectivity index (χ1v) is 12.9. The number of rotatable bonds is 11. The summed E-state index contributed by atoms with van der Waals surface area (Å²) in [5.74, 6) is -0.378. The number of ether oxygens (including phenoxy) is 1. The van der Waals surface area contributed by atoms with Crippen LogP contribution in [0.3, 0.4) is 0 Å². The first-order valence-electron chi connectivity index (χ1n) is 12.9. The fourth-order valence-corrected chi connectivity index (χ4v) is 5.05. The highest BCUT2D eigenvalue weighted by molar-refractivity contribution is 5.93. The van der Waals surface area contributed by atoms with Crippen molar-refractivity contribution in [3.8, 4) is 0 Å². The number of aryl methyl sites for hydroxylation is 1. The van der Waals surface area contributed by atoms with Crippen LogP contribution in [-0.4, -0.2) is 22.6 Å². The Kier molecular flexibility index (Phi) is 9.13. The summed E-state index contributed by atoms with van der Waals surface area (Å²) >= 11 is 0. The molecule has 1 aliphatic rings. The second-order valence-electron chi connectivity index (χ2n) is 10.1. The summed E-state index contributed by atoms with van der Waals surface area (Å²) in [5.41, 5.74) is 2.40. The van der Waals surface area contributed by atoms with Crippen molar-refractivity contribution in [3.05, 3.63) is 77.1 Å². The van der Waals surface area contributed by atoms with Gasteiger partial charge in [-0.1, -0.05) is 76.6 Å². The van der Waals surface area contributed by atoms with Crippen LogP contribution >= 0.6 is 0 Å². The van der Waals surface area contributed by atoms with E-state index in [-0.39, 0.29) is 23.5 Å².